The second kappa shape index (κ2) is 6.17. The van der Waals surface area contributed by atoms with E-state index in [1.807, 2.05) is 6.07 Å². The molecule has 0 atom stereocenters. The molecule has 5 nitrogen and oxygen atoms in total. The second-order valence-electron chi connectivity index (χ2n) is 4.26. The summed E-state index contributed by atoms with van der Waals surface area (Å²) in [6.07, 6.45) is 2.93. The van der Waals surface area contributed by atoms with E-state index in [1.165, 1.54) is 23.0 Å². The molecule has 0 aliphatic heterocycles. The highest BCUT2D eigenvalue weighted by molar-refractivity contribution is 7.71. The van der Waals surface area contributed by atoms with Crippen LogP contribution in [0.25, 0.3) is 11.5 Å². The lowest BCUT2D eigenvalue weighted by Crippen LogP contribution is -1.98. The summed E-state index contributed by atoms with van der Waals surface area (Å²) < 4.78 is 15.4. The average Bonchev–Trinajstić information content (AvgIpc) is 2.89. The summed E-state index contributed by atoms with van der Waals surface area (Å²) in [6.45, 7) is 0. The van der Waals surface area contributed by atoms with Gasteiger partial charge in [0, 0.05) is 11.8 Å². The SMILES string of the molecule is Fc1cccc(Cl)c1/C=N/n1c(-c2ccccn2)n[nH]c1=S. The molecule has 1 N–H and O–H groups in total. The maximum absolute atomic E-state index is 13.8. The van der Waals surface area contributed by atoms with Crippen LogP contribution < -0.4 is 0 Å². The molecule has 0 bridgehead atoms. The number of aromatic nitrogens is 4. The molecule has 0 aliphatic rings. The van der Waals surface area contributed by atoms with Crippen molar-refractivity contribution in [3.05, 3.63) is 63.8 Å². The minimum Gasteiger partial charge on any atom is -0.253 e. The van der Waals surface area contributed by atoms with Gasteiger partial charge in [-0.05, 0) is 36.5 Å². The van der Waals surface area contributed by atoms with Gasteiger partial charge in [0.15, 0.2) is 0 Å². The molecule has 22 heavy (non-hydrogen) atoms. The highest BCUT2D eigenvalue weighted by Gasteiger charge is 2.09. The Morgan fingerprint density at radius 2 is 2.14 bits per heavy atom. The molecule has 0 unspecified atom stereocenters. The summed E-state index contributed by atoms with van der Waals surface area (Å²) >= 11 is 11.1. The third kappa shape index (κ3) is 2.81. The van der Waals surface area contributed by atoms with Crippen LogP contribution in [0.15, 0.2) is 47.7 Å². The fourth-order valence-electron chi connectivity index (χ4n) is 1.81. The third-order valence-electron chi connectivity index (χ3n) is 2.85. The van der Waals surface area contributed by atoms with Crippen LogP contribution >= 0.6 is 23.8 Å². The standard InChI is InChI=1S/C14H9ClFN5S/c15-10-4-3-5-11(16)9(10)8-18-21-13(19-20-14(21)22)12-6-1-2-7-17-12/h1-8H,(H,20,22)/b18-8+. The van der Waals surface area contributed by atoms with E-state index in [9.17, 15) is 4.39 Å². The van der Waals surface area contributed by atoms with E-state index in [0.717, 1.165) is 0 Å². The Labute approximate surface area is 135 Å². The van der Waals surface area contributed by atoms with Gasteiger partial charge in [-0.25, -0.2) is 9.49 Å². The number of pyridine rings is 1. The highest BCUT2D eigenvalue weighted by Crippen LogP contribution is 2.18. The monoisotopic (exact) mass is 333 g/mol. The number of hydrogen-bond donors (Lipinski definition) is 1. The Kier molecular flexibility index (Phi) is 4.08. The van der Waals surface area contributed by atoms with Gasteiger partial charge in [-0.3, -0.25) is 4.98 Å². The van der Waals surface area contributed by atoms with Gasteiger partial charge in [-0.1, -0.05) is 23.7 Å². The van der Waals surface area contributed by atoms with Gasteiger partial charge in [0.25, 0.3) is 0 Å². The maximum Gasteiger partial charge on any atom is 0.216 e. The number of benzene rings is 1. The van der Waals surface area contributed by atoms with Crippen LogP contribution in [-0.4, -0.2) is 26.1 Å². The molecular formula is C14H9ClFN5S. The molecular weight excluding hydrogens is 325 g/mol. The predicted molar refractivity (Wildman–Crippen MR) is 85.0 cm³/mol. The number of hydrogen-bond acceptors (Lipinski definition) is 4. The molecule has 0 aliphatic carbocycles. The number of halogens is 2. The quantitative estimate of drug-likeness (QED) is 0.587. The molecule has 2 aromatic heterocycles. The molecule has 1 aromatic carbocycles. The molecule has 3 rings (SSSR count). The van der Waals surface area contributed by atoms with Gasteiger partial charge < -0.3 is 0 Å². The summed E-state index contributed by atoms with van der Waals surface area (Å²) in [7, 11) is 0. The Balaban J connectivity index is 2.05. The molecule has 2 heterocycles. The van der Waals surface area contributed by atoms with Gasteiger partial charge >= 0.3 is 0 Å². The number of H-pyrrole nitrogens is 1. The normalized spacial score (nSPS) is 11.2. The maximum atomic E-state index is 13.8. The fraction of sp³-hybridized carbons (Fsp3) is 0. The van der Waals surface area contributed by atoms with Crippen molar-refractivity contribution in [3.8, 4) is 11.5 Å². The number of aromatic amines is 1. The van der Waals surface area contributed by atoms with E-state index in [0.29, 0.717) is 11.5 Å². The molecule has 0 saturated heterocycles. The van der Waals surface area contributed by atoms with Crippen molar-refractivity contribution in [2.45, 2.75) is 0 Å². The first kappa shape index (κ1) is 14.6. The van der Waals surface area contributed by atoms with Crippen LogP contribution in [0.3, 0.4) is 0 Å². The van der Waals surface area contributed by atoms with E-state index < -0.39 is 5.82 Å². The summed E-state index contributed by atoms with van der Waals surface area (Å²) in [5.74, 6) is -0.0417. The lowest BCUT2D eigenvalue weighted by Gasteiger charge is -2.01. The Morgan fingerprint density at radius 3 is 2.86 bits per heavy atom. The minimum absolute atomic E-state index is 0.180. The van der Waals surface area contributed by atoms with Crippen molar-refractivity contribution in [2.24, 2.45) is 5.10 Å². The van der Waals surface area contributed by atoms with Gasteiger partial charge in [-0.2, -0.15) is 14.9 Å². The zero-order valence-corrected chi connectivity index (χ0v) is 12.6. The minimum atomic E-state index is -0.467. The van der Waals surface area contributed by atoms with E-state index in [1.54, 1.807) is 24.4 Å². The predicted octanol–water partition coefficient (Wildman–Crippen LogP) is 3.68. The van der Waals surface area contributed by atoms with Crippen molar-refractivity contribution in [3.63, 3.8) is 0 Å². The summed E-state index contributed by atoms with van der Waals surface area (Å²) in [6, 6.07) is 9.80. The van der Waals surface area contributed by atoms with Crippen molar-refractivity contribution >= 4 is 30.0 Å². The highest BCUT2D eigenvalue weighted by atomic mass is 35.5. The summed E-state index contributed by atoms with van der Waals surface area (Å²) in [5.41, 5.74) is 0.769. The van der Waals surface area contributed by atoms with Crippen molar-refractivity contribution in [2.75, 3.05) is 0 Å². The summed E-state index contributed by atoms with van der Waals surface area (Å²) in [4.78, 5) is 4.19. The second-order valence-corrected chi connectivity index (χ2v) is 5.05. The first-order valence-corrected chi connectivity index (χ1v) is 7.02. The van der Waals surface area contributed by atoms with Crippen LogP contribution in [-0.2, 0) is 0 Å². The van der Waals surface area contributed by atoms with Gasteiger partial charge in [0.05, 0.1) is 11.2 Å². The number of rotatable bonds is 3. The Hall–Kier alpha value is -2.38. The van der Waals surface area contributed by atoms with Crippen molar-refractivity contribution in [1.29, 1.82) is 0 Å². The van der Waals surface area contributed by atoms with Crippen LogP contribution in [0, 0.1) is 10.6 Å². The zero-order valence-electron chi connectivity index (χ0n) is 11.1. The van der Waals surface area contributed by atoms with E-state index >= 15 is 0 Å². The summed E-state index contributed by atoms with van der Waals surface area (Å²) in [5, 5.41) is 11.1. The molecule has 0 radical (unpaired) electrons. The smallest absolute Gasteiger partial charge is 0.216 e. The average molecular weight is 334 g/mol. The van der Waals surface area contributed by atoms with Crippen LogP contribution in [0.1, 0.15) is 5.56 Å². The molecule has 0 spiro atoms. The molecule has 3 aromatic rings. The van der Waals surface area contributed by atoms with Gasteiger partial charge in [0.2, 0.25) is 10.6 Å². The molecule has 0 amide bonds. The van der Waals surface area contributed by atoms with Gasteiger partial charge in [-0.15, -0.1) is 0 Å². The Morgan fingerprint density at radius 1 is 1.27 bits per heavy atom. The first-order chi connectivity index (χ1) is 10.7. The largest absolute Gasteiger partial charge is 0.253 e. The lowest BCUT2D eigenvalue weighted by molar-refractivity contribution is 0.625. The number of nitrogens with one attached hydrogen (secondary N) is 1. The topological polar surface area (TPSA) is 58.9 Å². The van der Waals surface area contributed by atoms with Gasteiger partial charge in [0.1, 0.15) is 11.5 Å². The molecule has 8 heteroatoms. The zero-order chi connectivity index (χ0) is 15.5. The van der Waals surface area contributed by atoms with Crippen LogP contribution in [0.2, 0.25) is 5.02 Å². The van der Waals surface area contributed by atoms with E-state index in [-0.39, 0.29) is 15.4 Å². The van der Waals surface area contributed by atoms with E-state index in [4.69, 9.17) is 23.8 Å². The molecule has 0 saturated carbocycles. The third-order valence-corrected chi connectivity index (χ3v) is 3.44. The fourth-order valence-corrected chi connectivity index (χ4v) is 2.20. The first-order valence-electron chi connectivity index (χ1n) is 6.24. The molecule has 0 fully saturated rings. The van der Waals surface area contributed by atoms with E-state index in [2.05, 4.69) is 20.3 Å². The van der Waals surface area contributed by atoms with Crippen molar-refractivity contribution in [1.82, 2.24) is 19.9 Å². The van der Waals surface area contributed by atoms with Crippen LogP contribution in [0.4, 0.5) is 4.39 Å². The lowest BCUT2D eigenvalue weighted by atomic mass is 10.2. The number of nitrogens with zero attached hydrogens (tertiary/aromatic N) is 4. The van der Waals surface area contributed by atoms with Crippen molar-refractivity contribution < 1.29 is 4.39 Å². The molecule has 110 valence electrons. The van der Waals surface area contributed by atoms with Crippen LogP contribution in [0.5, 0.6) is 0 Å². The Bertz CT molecular complexity index is 867.